The number of carbonyl (C=O) groups excluding carboxylic acids is 1. The topological polar surface area (TPSA) is 63.2 Å². The van der Waals surface area contributed by atoms with E-state index in [-0.39, 0.29) is 15.3 Å². The highest BCUT2D eigenvalue weighted by molar-refractivity contribution is 9.10. The van der Waals surface area contributed by atoms with Gasteiger partial charge in [0.05, 0.1) is 4.90 Å². The minimum atomic E-state index is -3.83. The predicted molar refractivity (Wildman–Crippen MR) is 89.3 cm³/mol. The number of amides is 1. The van der Waals surface area contributed by atoms with Gasteiger partial charge in [0, 0.05) is 30.9 Å². The monoisotopic (exact) mass is 451 g/mol. The van der Waals surface area contributed by atoms with E-state index >= 15 is 0 Å². The smallest absolute Gasteiger partial charge is 0.262 e. The van der Waals surface area contributed by atoms with Crippen molar-refractivity contribution < 1.29 is 13.2 Å². The molecule has 110 valence electrons. The Hall–Kier alpha value is -0.890. The summed E-state index contributed by atoms with van der Waals surface area (Å²) in [6.07, 6.45) is 0. The van der Waals surface area contributed by atoms with Gasteiger partial charge in [0.2, 0.25) is 0 Å². The lowest BCUT2D eigenvalue weighted by Crippen LogP contribution is -2.11. The number of nitrogens with one attached hydrogen (secondary N) is 1. The van der Waals surface area contributed by atoms with Crippen LogP contribution in [-0.2, 0) is 9.05 Å². The van der Waals surface area contributed by atoms with Crippen molar-refractivity contribution in [1.82, 2.24) is 0 Å². The molecule has 2 aromatic rings. The van der Waals surface area contributed by atoms with Crippen LogP contribution < -0.4 is 5.32 Å². The third-order valence-corrected chi connectivity index (χ3v) is 5.39. The van der Waals surface area contributed by atoms with Crippen molar-refractivity contribution in [3.05, 3.63) is 57.0 Å². The Morgan fingerprint density at radius 3 is 2.19 bits per heavy atom. The van der Waals surface area contributed by atoms with Gasteiger partial charge in [-0.15, -0.1) is 0 Å². The Kier molecular flexibility index (Phi) is 5.08. The standard InChI is InChI=1S/C13H8Br2ClNO3S/c14-9-3-1-8(2-4-9)13(18)17-10-5-6-12(11(15)7-10)21(16,19)20/h1-7H,(H,17,18). The SMILES string of the molecule is O=C(Nc1ccc(S(=O)(=O)Cl)c(Br)c1)c1ccc(Br)cc1. The summed E-state index contributed by atoms with van der Waals surface area (Å²) in [5, 5.41) is 2.68. The van der Waals surface area contributed by atoms with Crippen molar-refractivity contribution >= 4 is 63.2 Å². The van der Waals surface area contributed by atoms with Gasteiger partial charge in [-0.3, -0.25) is 4.79 Å². The van der Waals surface area contributed by atoms with E-state index in [1.807, 2.05) is 0 Å². The fourth-order valence-electron chi connectivity index (χ4n) is 1.58. The molecular weight excluding hydrogens is 445 g/mol. The minimum Gasteiger partial charge on any atom is -0.322 e. The van der Waals surface area contributed by atoms with E-state index in [1.54, 1.807) is 24.3 Å². The lowest BCUT2D eigenvalue weighted by Gasteiger charge is -2.07. The van der Waals surface area contributed by atoms with Crippen LogP contribution in [0.25, 0.3) is 0 Å². The summed E-state index contributed by atoms with van der Waals surface area (Å²) < 4.78 is 23.7. The highest BCUT2D eigenvalue weighted by atomic mass is 79.9. The molecule has 0 radical (unpaired) electrons. The summed E-state index contributed by atoms with van der Waals surface area (Å²) in [5.41, 5.74) is 0.947. The molecule has 2 aromatic carbocycles. The lowest BCUT2D eigenvalue weighted by molar-refractivity contribution is 0.102. The van der Waals surface area contributed by atoms with Crippen molar-refractivity contribution in [2.24, 2.45) is 0 Å². The van der Waals surface area contributed by atoms with Crippen molar-refractivity contribution in [1.29, 1.82) is 0 Å². The largest absolute Gasteiger partial charge is 0.322 e. The molecular formula is C13H8Br2ClNO3S. The maximum atomic E-state index is 12.0. The van der Waals surface area contributed by atoms with E-state index in [9.17, 15) is 13.2 Å². The van der Waals surface area contributed by atoms with E-state index < -0.39 is 9.05 Å². The average molecular weight is 454 g/mol. The maximum Gasteiger partial charge on any atom is 0.262 e. The first-order chi connectivity index (χ1) is 9.77. The van der Waals surface area contributed by atoms with E-state index in [0.717, 1.165) is 4.47 Å². The fourth-order valence-corrected chi connectivity index (χ4v) is 4.07. The molecule has 0 saturated carbocycles. The fraction of sp³-hybridized carbons (Fsp3) is 0. The molecule has 0 unspecified atom stereocenters. The van der Waals surface area contributed by atoms with Crippen LogP contribution >= 0.6 is 42.5 Å². The first-order valence-electron chi connectivity index (χ1n) is 5.58. The quantitative estimate of drug-likeness (QED) is 0.701. The van der Waals surface area contributed by atoms with Crippen LogP contribution in [0.15, 0.2) is 56.3 Å². The Labute approximate surface area is 143 Å². The predicted octanol–water partition coefficient (Wildman–Crippen LogP) is 4.39. The van der Waals surface area contributed by atoms with Crippen LogP contribution in [0.3, 0.4) is 0 Å². The van der Waals surface area contributed by atoms with Gasteiger partial charge in [0.25, 0.3) is 15.0 Å². The van der Waals surface area contributed by atoms with E-state index in [0.29, 0.717) is 11.3 Å². The summed E-state index contributed by atoms with van der Waals surface area (Å²) in [6.45, 7) is 0. The van der Waals surface area contributed by atoms with Gasteiger partial charge in [-0.25, -0.2) is 8.42 Å². The van der Waals surface area contributed by atoms with Crippen molar-refractivity contribution in [2.45, 2.75) is 4.90 Å². The number of hydrogen-bond donors (Lipinski definition) is 1. The van der Waals surface area contributed by atoms with Crippen molar-refractivity contribution in [3.63, 3.8) is 0 Å². The Morgan fingerprint density at radius 2 is 1.67 bits per heavy atom. The zero-order chi connectivity index (χ0) is 15.6. The summed E-state index contributed by atoms with van der Waals surface area (Å²) in [6, 6.07) is 11.1. The van der Waals surface area contributed by atoms with Crippen molar-refractivity contribution in [3.8, 4) is 0 Å². The molecule has 21 heavy (non-hydrogen) atoms. The molecule has 0 aliphatic heterocycles. The zero-order valence-electron chi connectivity index (χ0n) is 10.3. The number of hydrogen-bond acceptors (Lipinski definition) is 3. The lowest BCUT2D eigenvalue weighted by atomic mass is 10.2. The van der Waals surface area contributed by atoms with Gasteiger partial charge in [0.1, 0.15) is 0 Å². The van der Waals surface area contributed by atoms with Crippen LogP contribution in [0.2, 0.25) is 0 Å². The van der Waals surface area contributed by atoms with Crippen LogP contribution in [0.4, 0.5) is 5.69 Å². The first kappa shape index (κ1) is 16.5. The highest BCUT2D eigenvalue weighted by Gasteiger charge is 2.15. The number of carbonyl (C=O) groups is 1. The summed E-state index contributed by atoms with van der Waals surface area (Å²) >= 11 is 6.41. The van der Waals surface area contributed by atoms with Gasteiger partial charge >= 0.3 is 0 Å². The molecule has 0 spiro atoms. The number of anilines is 1. The number of benzene rings is 2. The van der Waals surface area contributed by atoms with E-state index in [4.69, 9.17) is 10.7 Å². The molecule has 2 rings (SSSR count). The van der Waals surface area contributed by atoms with Gasteiger partial charge < -0.3 is 5.32 Å². The van der Waals surface area contributed by atoms with Gasteiger partial charge in [-0.05, 0) is 58.4 Å². The van der Waals surface area contributed by atoms with Crippen LogP contribution in [0.1, 0.15) is 10.4 Å². The molecule has 0 aliphatic carbocycles. The minimum absolute atomic E-state index is 0.0502. The molecule has 0 saturated heterocycles. The van der Waals surface area contributed by atoms with E-state index in [1.165, 1.54) is 18.2 Å². The number of halogens is 3. The summed E-state index contributed by atoms with van der Waals surface area (Å²) in [7, 11) is 1.45. The molecule has 0 atom stereocenters. The molecule has 0 heterocycles. The van der Waals surface area contributed by atoms with Crippen LogP contribution in [-0.4, -0.2) is 14.3 Å². The first-order valence-corrected chi connectivity index (χ1v) is 9.48. The second-order valence-corrected chi connectivity index (χ2v) is 8.35. The van der Waals surface area contributed by atoms with Crippen LogP contribution in [0, 0.1) is 0 Å². The highest BCUT2D eigenvalue weighted by Crippen LogP contribution is 2.28. The Morgan fingerprint density at radius 1 is 1.05 bits per heavy atom. The Bertz CT molecular complexity index is 792. The summed E-state index contributed by atoms with van der Waals surface area (Å²) in [5.74, 6) is -0.295. The van der Waals surface area contributed by atoms with Gasteiger partial charge in [-0.1, -0.05) is 15.9 Å². The maximum absolute atomic E-state index is 12.0. The molecule has 0 aromatic heterocycles. The van der Waals surface area contributed by atoms with Gasteiger partial charge in [-0.2, -0.15) is 0 Å². The zero-order valence-corrected chi connectivity index (χ0v) is 15.1. The van der Waals surface area contributed by atoms with Gasteiger partial charge in [0.15, 0.2) is 0 Å². The van der Waals surface area contributed by atoms with Crippen molar-refractivity contribution in [2.75, 3.05) is 5.32 Å². The third-order valence-electron chi connectivity index (χ3n) is 2.56. The molecule has 0 aliphatic rings. The average Bonchev–Trinajstić information content (AvgIpc) is 2.37. The molecule has 0 bridgehead atoms. The molecule has 0 fully saturated rings. The third kappa shape index (κ3) is 4.29. The molecule has 8 heteroatoms. The molecule has 4 nitrogen and oxygen atoms in total. The van der Waals surface area contributed by atoms with Crippen LogP contribution in [0.5, 0.6) is 0 Å². The van der Waals surface area contributed by atoms with E-state index in [2.05, 4.69) is 37.2 Å². The molecule has 1 amide bonds. The second-order valence-electron chi connectivity index (χ2n) is 4.04. The number of rotatable bonds is 3. The molecule has 1 N–H and O–H groups in total. The summed E-state index contributed by atoms with van der Waals surface area (Å²) in [4.78, 5) is 12.0. The normalized spacial score (nSPS) is 11.2. The Balaban J connectivity index is 2.22. The second kappa shape index (κ2) is 6.48.